The van der Waals surface area contributed by atoms with Gasteiger partial charge in [0.25, 0.3) is 0 Å². The molecule has 0 atom stereocenters. The number of amides is 2. The highest BCUT2D eigenvalue weighted by atomic mass is 16.4. The number of imide groups is 1. The van der Waals surface area contributed by atoms with Crippen molar-refractivity contribution in [3.8, 4) is 0 Å². The number of carbonyl (C=O) groups is 2. The number of carbonyl (C=O) groups excluding carboxylic acids is 1. The maximum absolute atomic E-state index is 11.9. The zero-order valence-electron chi connectivity index (χ0n) is 11.1. The van der Waals surface area contributed by atoms with E-state index in [0.29, 0.717) is 5.69 Å². The SMILES string of the molecule is CCCCCC(=O)N(Cc1ccc(N)cc1)C(=O)O. The Morgan fingerprint density at radius 1 is 1.21 bits per heavy atom. The number of carboxylic acid groups (broad SMARTS) is 1. The summed E-state index contributed by atoms with van der Waals surface area (Å²) in [5, 5.41) is 9.10. The quantitative estimate of drug-likeness (QED) is 0.611. The maximum atomic E-state index is 11.9. The molecule has 1 aromatic rings. The molecular formula is C14H20N2O3. The van der Waals surface area contributed by atoms with Crippen molar-refractivity contribution in [2.75, 3.05) is 5.73 Å². The lowest BCUT2D eigenvalue weighted by Crippen LogP contribution is -2.35. The van der Waals surface area contributed by atoms with Crippen LogP contribution in [0.3, 0.4) is 0 Å². The summed E-state index contributed by atoms with van der Waals surface area (Å²) in [6, 6.07) is 6.84. The first-order chi connectivity index (χ1) is 9.04. The highest BCUT2D eigenvalue weighted by Gasteiger charge is 2.20. The van der Waals surface area contributed by atoms with Crippen LogP contribution in [-0.2, 0) is 11.3 Å². The van der Waals surface area contributed by atoms with Crippen molar-refractivity contribution in [1.82, 2.24) is 4.90 Å². The van der Waals surface area contributed by atoms with E-state index in [4.69, 9.17) is 10.8 Å². The normalized spacial score (nSPS) is 10.2. The summed E-state index contributed by atoms with van der Waals surface area (Å²) in [5.41, 5.74) is 6.92. The molecule has 19 heavy (non-hydrogen) atoms. The van der Waals surface area contributed by atoms with Gasteiger partial charge in [-0.3, -0.25) is 4.79 Å². The van der Waals surface area contributed by atoms with Crippen molar-refractivity contribution >= 4 is 17.7 Å². The van der Waals surface area contributed by atoms with E-state index < -0.39 is 6.09 Å². The highest BCUT2D eigenvalue weighted by Crippen LogP contribution is 2.11. The third-order valence-corrected chi connectivity index (χ3v) is 2.85. The van der Waals surface area contributed by atoms with E-state index >= 15 is 0 Å². The van der Waals surface area contributed by atoms with Gasteiger partial charge in [-0.15, -0.1) is 0 Å². The Balaban J connectivity index is 2.64. The van der Waals surface area contributed by atoms with Gasteiger partial charge in [-0.2, -0.15) is 0 Å². The van der Waals surface area contributed by atoms with Crippen molar-refractivity contribution in [1.29, 1.82) is 0 Å². The molecule has 0 radical (unpaired) electrons. The lowest BCUT2D eigenvalue weighted by molar-refractivity contribution is -0.129. The van der Waals surface area contributed by atoms with Crippen LogP contribution < -0.4 is 5.73 Å². The zero-order valence-corrected chi connectivity index (χ0v) is 11.1. The number of unbranched alkanes of at least 4 members (excludes halogenated alkanes) is 2. The molecule has 5 heteroatoms. The van der Waals surface area contributed by atoms with Gasteiger partial charge in [0.1, 0.15) is 0 Å². The number of hydrogen-bond donors (Lipinski definition) is 2. The number of rotatable bonds is 6. The van der Waals surface area contributed by atoms with Gasteiger partial charge in [-0.1, -0.05) is 31.9 Å². The smallest absolute Gasteiger partial charge is 0.414 e. The summed E-state index contributed by atoms with van der Waals surface area (Å²) in [7, 11) is 0. The first kappa shape index (κ1) is 15.0. The molecule has 0 aliphatic carbocycles. The van der Waals surface area contributed by atoms with Crippen LogP contribution in [0.2, 0.25) is 0 Å². The second-order valence-corrected chi connectivity index (χ2v) is 4.46. The number of nitrogens with two attached hydrogens (primary N) is 1. The first-order valence-corrected chi connectivity index (χ1v) is 6.42. The number of nitrogens with zero attached hydrogens (tertiary/aromatic N) is 1. The second kappa shape index (κ2) is 7.41. The molecule has 0 fully saturated rings. The highest BCUT2D eigenvalue weighted by molar-refractivity contribution is 5.91. The zero-order chi connectivity index (χ0) is 14.3. The average molecular weight is 264 g/mol. The fourth-order valence-corrected chi connectivity index (χ4v) is 1.73. The predicted molar refractivity (Wildman–Crippen MR) is 73.6 cm³/mol. The van der Waals surface area contributed by atoms with Gasteiger partial charge in [0.15, 0.2) is 0 Å². The van der Waals surface area contributed by atoms with E-state index in [1.807, 2.05) is 6.92 Å². The van der Waals surface area contributed by atoms with Crippen molar-refractivity contribution in [2.45, 2.75) is 39.2 Å². The van der Waals surface area contributed by atoms with Crippen LogP contribution >= 0.6 is 0 Å². The Kier molecular flexibility index (Phi) is 5.85. The molecule has 0 aliphatic rings. The van der Waals surface area contributed by atoms with Crippen LogP contribution in [0.4, 0.5) is 10.5 Å². The summed E-state index contributed by atoms with van der Waals surface area (Å²) in [4.78, 5) is 23.8. The Morgan fingerprint density at radius 3 is 2.37 bits per heavy atom. The molecule has 1 rings (SSSR count). The van der Waals surface area contributed by atoms with Crippen LogP contribution in [0.5, 0.6) is 0 Å². The molecule has 5 nitrogen and oxygen atoms in total. The van der Waals surface area contributed by atoms with Crippen molar-refractivity contribution in [3.05, 3.63) is 29.8 Å². The monoisotopic (exact) mass is 264 g/mol. The molecule has 2 amide bonds. The van der Waals surface area contributed by atoms with Crippen LogP contribution in [-0.4, -0.2) is 22.0 Å². The number of benzene rings is 1. The molecule has 3 N–H and O–H groups in total. The number of hydrogen-bond acceptors (Lipinski definition) is 3. The molecule has 0 saturated carbocycles. The Morgan fingerprint density at radius 2 is 1.84 bits per heavy atom. The first-order valence-electron chi connectivity index (χ1n) is 6.42. The Hall–Kier alpha value is -2.04. The third kappa shape index (κ3) is 4.99. The van der Waals surface area contributed by atoms with E-state index in [1.54, 1.807) is 24.3 Å². The van der Waals surface area contributed by atoms with Crippen molar-refractivity contribution in [2.24, 2.45) is 0 Å². The van der Waals surface area contributed by atoms with Crippen molar-refractivity contribution < 1.29 is 14.7 Å². The molecule has 0 aliphatic heterocycles. The molecule has 0 heterocycles. The predicted octanol–water partition coefficient (Wildman–Crippen LogP) is 2.86. The Bertz CT molecular complexity index is 429. The molecular weight excluding hydrogens is 244 g/mol. The fourth-order valence-electron chi connectivity index (χ4n) is 1.73. The van der Waals surface area contributed by atoms with Crippen LogP contribution in [0.1, 0.15) is 38.2 Å². The van der Waals surface area contributed by atoms with Crippen LogP contribution in [0, 0.1) is 0 Å². The molecule has 0 saturated heterocycles. The van der Waals surface area contributed by atoms with Gasteiger partial charge in [0, 0.05) is 12.1 Å². The van der Waals surface area contributed by atoms with Gasteiger partial charge < -0.3 is 10.8 Å². The minimum Gasteiger partial charge on any atom is -0.465 e. The van der Waals surface area contributed by atoms with E-state index in [1.165, 1.54) is 0 Å². The van der Waals surface area contributed by atoms with Crippen LogP contribution in [0.25, 0.3) is 0 Å². The average Bonchev–Trinajstić information content (AvgIpc) is 2.37. The minimum atomic E-state index is -1.21. The van der Waals surface area contributed by atoms with Crippen LogP contribution in [0.15, 0.2) is 24.3 Å². The van der Waals surface area contributed by atoms with Gasteiger partial charge in [0.05, 0.1) is 6.54 Å². The minimum absolute atomic E-state index is 0.0700. The number of nitrogen functional groups attached to an aromatic ring is 1. The second-order valence-electron chi connectivity index (χ2n) is 4.46. The summed E-state index contributed by atoms with van der Waals surface area (Å²) in [5.74, 6) is -0.349. The fraction of sp³-hybridized carbons (Fsp3) is 0.429. The summed E-state index contributed by atoms with van der Waals surface area (Å²) < 4.78 is 0. The van der Waals surface area contributed by atoms with Gasteiger partial charge >= 0.3 is 6.09 Å². The number of anilines is 1. The standard InChI is InChI=1S/C14H20N2O3/c1-2-3-4-5-13(17)16(14(18)19)10-11-6-8-12(15)9-7-11/h6-9H,2-5,10,15H2,1H3,(H,18,19). The maximum Gasteiger partial charge on any atom is 0.414 e. The summed E-state index contributed by atoms with van der Waals surface area (Å²) in [6.45, 7) is 2.11. The van der Waals surface area contributed by atoms with Gasteiger partial charge in [0.2, 0.25) is 5.91 Å². The largest absolute Gasteiger partial charge is 0.465 e. The van der Waals surface area contributed by atoms with Crippen molar-refractivity contribution in [3.63, 3.8) is 0 Å². The molecule has 0 aromatic heterocycles. The lowest BCUT2D eigenvalue weighted by atomic mass is 10.1. The molecule has 1 aromatic carbocycles. The molecule has 104 valence electrons. The van der Waals surface area contributed by atoms with E-state index in [0.717, 1.165) is 29.7 Å². The van der Waals surface area contributed by atoms with E-state index in [9.17, 15) is 9.59 Å². The molecule has 0 bridgehead atoms. The summed E-state index contributed by atoms with van der Waals surface area (Å²) in [6.07, 6.45) is 1.72. The third-order valence-electron chi connectivity index (χ3n) is 2.85. The lowest BCUT2D eigenvalue weighted by Gasteiger charge is -2.17. The van der Waals surface area contributed by atoms with Gasteiger partial charge in [-0.25, -0.2) is 9.69 Å². The van der Waals surface area contributed by atoms with Gasteiger partial charge in [-0.05, 0) is 24.1 Å². The van der Waals surface area contributed by atoms with E-state index in [-0.39, 0.29) is 18.9 Å². The molecule has 0 unspecified atom stereocenters. The topological polar surface area (TPSA) is 83.6 Å². The Labute approximate surface area is 113 Å². The molecule has 0 spiro atoms. The summed E-state index contributed by atoms with van der Waals surface area (Å²) >= 11 is 0. The van der Waals surface area contributed by atoms with E-state index in [2.05, 4.69) is 0 Å².